The standard InChI is InChI=1S/C10H11N5O3/c11-9-8-10(13-3-12-9)15(4-14-8)7-1-5(17)6(2-16)18-7/h1,3-6,16-17H,2H2,(H2,11,12,13)/t5?,6-/m1/s1. The van der Waals surface area contributed by atoms with Gasteiger partial charge in [-0.2, -0.15) is 0 Å². The minimum atomic E-state index is -0.860. The summed E-state index contributed by atoms with van der Waals surface area (Å²) in [6.07, 6.45) is 2.76. The van der Waals surface area contributed by atoms with Crippen LogP contribution in [0, 0.1) is 0 Å². The summed E-state index contributed by atoms with van der Waals surface area (Å²) in [6.45, 7) is -0.273. The Morgan fingerprint density at radius 1 is 1.39 bits per heavy atom. The Kier molecular flexibility index (Phi) is 2.39. The quantitative estimate of drug-likeness (QED) is 0.621. The number of hydrogen-bond donors (Lipinski definition) is 3. The smallest absolute Gasteiger partial charge is 0.199 e. The molecule has 0 bridgehead atoms. The summed E-state index contributed by atoms with van der Waals surface area (Å²) in [7, 11) is 0. The third kappa shape index (κ3) is 1.50. The molecule has 0 spiro atoms. The first-order valence-electron chi connectivity index (χ1n) is 5.32. The Hall–Kier alpha value is -2.19. The molecule has 2 aromatic heterocycles. The van der Waals surface area contributed by atoms with Crippen LogP contribution in [0.4, 0.5) is 5.82 Å². The Balaban J connectivity index is 2.06. The van der Waals surface area contributed by atoms with Gasteiger partial charge in [-0.1, -0.05) is 0 Å². The van der Waals surface area contributed by atoms with E-state index in [-0.39, 0.29) is 12.4 Å². The molecule has 94 valence electrons. The number of aliphatic hydroxyl groups excluding tert-OH is 2. The van der Waals surface area contributed by atoms with Gasteiger partial charge in [0.25, 0.3) is 0 Å². The van der Waals surface area contributed by atoms with E-state index in [0.717, 1.165) is 0 Å². The van der Waals surface area contributed by atoms with Gasteiger partial charge in [-0.05, 0) is 0 Å². The van der Waals surface area contributed by atoms with Crippen LogP contribution in [0.2, 0.25) is 0 Å². The molecule has 1 aliphatic heterocycles. The number of aromatic nitrogens is 4. The van der Waals surface area contributed by atoms with E-state index >= 15 is 0 Å². The Bertz CT molecular complexity index is 623. The first-order chi connectivity index (χ1) is 8.70. The lowest BCUT2D eigenvalue weighted by Crippen LogP contribution is -2.25. The van der Waals surface area contributed by atoms with E-state index in [2.05, 4.69) is 15.0 Å². The maximum atomic E-state index is 9.63. The zero-order chi connectivity index (χ0) is 12.7. The Morgan fingerprint density at radius 3 is 2.94 bits per heavy atom. The van der Waals surface area contributed by atoms with Gasteiger partial charge in [-0.15, -0.1) is 0 Å². The SMILES string of the molecule is Nc1ncnc2c1ncn2C1=CC(O)[C@@H](CO)O1. The molecular weight excluding hydrogens is 238 g/mol. The number of nitrogens with zero attached hydrogens (tertiary/aromatic N) is 4. The van der Waals surface area contributed by atoms with Gasteiger partial charge in [0.1, 0.15) is 18.8 Å². The number of anilines is 1. The fourth-order valence-electron chi connectivity index (χ4n) is 1.81. The van der Waals surface area contributed by atoms with E-state index in [4.69, 9.17) is 15.6 Å². The predicted molar refractivity (Wildman–Crippen MR) is 62.0 cm³/mol. The van der Waals surface area contributed by atoms with Crippen molar-refractivity contribution in [1.82, 2.24) is 19.5 Å². The van der Waals surface area contributed by atoms with Crippen molar-refractivity contribution in [3.8, 4) is 0 Å². The number of nitrogens with two attached hydrogens (primary N) is 1. The fourth-order valence-corrected chi connectivity index (χ4v) is 1.81. The van der Waals surface area contributed by atoms with Crippen LogP contribution in [0.3, 0.4) is 0 Å². The minimum absolute atomic E-state index is 0.273. The van der Waals surface area contributed by atoms with Gasteiger partial charge in [0.15, 0.2) is 29.0 Å². The second-order valence-corrected chi connectivity index (χ2v) is 3.88. The van der Waals surface area contributed by atoms with E-state index in [1.54, 1.807) is 4.57 Å². The summed E-state index contributed by atoms with van der Waals surface area (Å²) in [4.78, 5) is 12.0. The monoisotopic (exact) mass is 249 g/mol. The first-order valence-corrected chi connectivity index (χ1v) is 5.32. The van der Waals surface area contributed by atoms with E-state index in [1.165, 1.54) is 18.7 Å². The number of rotatable bonds is 2. The van der Waals surface area contributed by atoms with E-state index in [1.807, 2.05) is 0 Å². The summed E-state index contributed by atoms with van der Waals surface area (Å²) < 4.78 is 6.95. The van der Waals surface area contributed by atoms with Gasteiger partial charge in [0.05, 0.1) is 6.61 Å². The van der Waals surface area contributed by atoms with Crippen molar-refractivity contribution in [2.45, 2.75) is 12.2 Å². The topological polar surface area (TPSA) is 119 Å². The average molecular weight is 249 g/mol. The molecule has 8 heteroatoms. The molecule has 3 rings (SSSR count). The molecule has 0 aliphatic carbocycles. The van der Waals surface area contributed by atoms with Crippen LogP contribution in [-0.2, 0) is 4.74 Å². The molecule has 0 aromatic carbocycles. The average Bonchev–Trinajstić information content (AvgIpc) is 2.93. The molecule has 0 radical (unpaired) electrons. The minimum Gasteiger partial charge on any atom is -0.470 e. The van der Waals surface area contributed by atoms with Gasteiger partial charge in [-0.3, -0.25) is 4.57 Å². The molecule has 0 fully saturated rings. The van der Waals surface area contributed by atoms with Crippen molar-refractivity contribution in [2.24, 2.45) is 0 Å². The van der Waals surface area contributed by atoms with E-state index < -0.39 is 12.2 Å². The lowest BCUT2D eigenvalue weighted by molar-refractivity contribution is 0.0258. The fraction of sp³-hybridized carbons (Fsp3) is 0.300. The lowest BCUT2D eigenvalue weighted by Gasteiger charge is -2.12. The van der Waals surface area contributed by atoms with Crippen molar-refractivity contribution >= 4 is 22.9 Å². The normalized spacial score (nSPS) is 23.1. The molecule has 3 heterocycles. The zero-order valence-electron chi connectivity index (χ0n) is 9.26. The van der Waals surface area contributed by atoms with Crippen molar-refractivity contribution in [1.29, 1.82) is 0 Å². The number of fused-ring (bicyclic) bond motifs is 1. The molecule has 8 nitrogen and oxygen atoms in total. The van der Waals surface area contributed by atoms with Crippen molar-refractivity contribution < 1.29 is 14.9 Å². The van der Waals surface area contributed by atoms with Crippen LogP contribution in [0.1, 0.15) is 0 Å². The molecule has 2 atom stereocenters. The highest BCUT2D eigenvalue weighted by molar-refractivity contribution is 5.83. The molecule has 2 aromatic rings. The Morgan fingerprint density at radius 2 is 2.22 bits per heavy atom. The highest BCUT2D eigenvalue weighted by Gasteiger charge is 2.28. The van der Waals surface area contributed by atoms with Crippen LogP contribution < -0.4 is 5.73 Å². The van der Waals surface area contributed by atoms with Crippen molar-refractivity contribution in [3.05, 3.63) is 18.7 Å². The summed E-state index contributed by atoms with van der Waals surface area (Å²) in [5.41, 5.74) is 6.62. The molecule has 0 saturated heterocycles. The predicted octanol–water partition coefficient (Wildman–Crippen LogP) is -1.04. The summed E-state index contributed by atoms with van der Waals surface area (Å²) in [5, 5.41) is 18.7. The summed E-state index contributed by atoms with van der Waals surface area (Å²) >= 11 is 0. The number of imidazole rings is 1. The second kappa shape index (κ2) is 3.93. The molecule has 4 N–H and O–H groups in total. The van der Waals surface area contributed by atoms with Crippen LogP contribution >= 0.6 is 0 Å². The summed E-state index contributed by atoms with van der Waals surface area (Å²) in [5.74, 6) is 0.638. The molecule has 18 heavy (non-hydrogen) atoms. The van der Waals surface area contributed by atoms with Crippen LogP contribution in [0.25, 0.3) is 17.0 Å². The number of nitrogen functional groups attached to an aromatic ring is 1. The molecule has 1 unspecified atom stereocenters. The van der Waals surface area contributed by atoms with Gasteiger partial charge >= 0.3 is 0 Å². The van der Waals surface area contributed by atoms with Gasteiger partial charge < -0.3 is 20.7 Å². The lowest BCUT2D eigenvalue weighted by atomic mass is 10.2. The maximum absolute atomic E-state index is 9.63. The second-order valence-electron chi connectivity index (χ2n) is 3.88. The Labute approximate surface area is 101 Å². The molecule has 0 amide bonds. The van der Waals surface area contributed by atoms with Crippen LogP contribution in [0.15, 0.2) is 18.7 Å². The van der Waals surface area contributed by atoms with Gasteiger partial charge in [0, 0.05) is 6.08 Å². The molecular formula is C10H11N5O3. The molecule has 0 saturated carbocycles. The van der Waals surface area contributed by atoms with Gasteiger partial charge in [0.2, 0.25) is 0 Å². The third-order valence-electron chi connectivity index (χ3n) is 2.75. The third-order valence-corrected chi connectivity index (χ3v) is 2.75. The number of aliphatic hydroxyl groups is 2. The highest BCUT2D eigenvalue weighted by atomic mass is 16.5. The van der Waals surface area contributed by atoms with Gasteiger partial charge in [-0.25, -0.2) is 15.0 Å². The zero-order valence-corrected chi connectivity index (χ0v) is 9.26. The van der Waals surface area contributed by atoms with Crippen molar-refractivity contribution in [2.75, 3.05) is 12.3 Å². The van der Waals surface area contributed by atoms with Crippen molar-refractivity contribution in [3.63, 3.8) is 0 Å². The van der Waals surface area contributed by atoms with Crippen LogP contribution in [-0.4, -0.2) is 48.5 Å². The number of hydrogen-bond acceptors (Lipinski definition) is 7. The van der Waals surface area contributed by atoms with Crippen LogP contribution in [0.5, 0.6) is 0 Å². The summed E-state index contributed by atoms with van der Waals surface area (Å²) in [6, 6.07) is 0. The number of ether oxygens (including phenoxy) is 1. The van der Waals surface area contributed by atoms with E-state index in [9.17, 15) is 5.11 Å². The largest absolute Gasteiger partial charge is 0.470 e. The van der Waals surface area contributed by atoms with E-state index in [0.29, 0.717) is 17.0 Å². The first kappa shape index (κ1) is 10.9. The highest BCUT2D eigenvalue weighted by Crippen LogP contribution is 2.25. The molecule has 1 aliphatic rings. The maximum Gasteiger partial charge on any atom is 0.199 e.